The van der Waals surface area contributed by atoms with Crippen LogP contribution in [0.25, 0.3) is 10.9 Å². The van der Waals surface area contributed by atoms with E-state index in [0.29, 0.717) is 44.9 Å². The van der Waals surface area contributed by atoms with Gasteiger partial charge in [-0.2, -0.15) is 0 Å². The molecule has 3 aromatic rings. The van der Waals surface area contributed by atoms with Crippen molar-refractivity contribution in [3.63, 3.8) is 0 Å². The molecule has 0 saturated heterocycles. The fraction of sp³-hybridized carbons (Fsp3) is 0.238. The molecule has 0 amide bonds. The van der Waals surface area contributed by atoms with E-state index in [1.165, 1.54) is 0 Å². The number of fused-ring (bicyclic) bond motifs is 1. The Hall–Kier alpha value is -2.79. The summed E-state index contributed by atoms with van der Waals surface area (Å²) >= 11 is 5.92. The van der Waals surface area contributed by atoms with Crippen LogP contribution < -0.4 is 4.74 Å². The molecular weight excluding hydrogens is 366 g/mol. The van der Waals surface area contributed by atoms with Gasteiger partial charge >= 0.3 is 5.97 Å². The van der Waals surface area contributed by atoms with Gasteiger partial charge in [0.15, 0.2) is 0 Å². The Bertz CT molecular complexity index is 1020. The van der Waals surface area contributed by atoms with E-state index >= 15 is 0 Å². The number of carbonyl (C=O) groups excluding carboxylic acids is 1. The summed E-state index contributed by atoms with van der Waals surface area (Å²) in [6, 6.07) is 12.0. The first kappa shape index (κ1) is 19.0. The zero-order valence-electron chi connectivity index (χ0n) is 15.3. The van der Waals surface area contributed by atoms with E-state index in [2.05, 4.69) is 0 Å². The Morgan fingerprint density at radius 3 is 2.41 bits per heavy atom. The second kappa shape index (κ2) is 7.45. The topological polar surface area (TPSA) is 68.5 Å². The van der Waals surface area contributed by atoms with Gasteiger partial charge in [-0.05, 0) is 61.4 Å². The van der Waals surface area contributed by atoms with Gasteiger partial charge in [0.2, 0.25) is 0 Å². The number of ether oxygens (including phenoxy) is 1. The predicted molar refractivity (Wildman–Crippen MR) is 105 cm³/mol. The molecule has 6 heteroatoms. The molecule has 27 heavy (non-hydrogen) atoms. The third-order valence-electron chi connectivity index (χ3n) is 4.81. The summed E-state index contributed by atoms with van der Waals surface area (Å²) in [5.41, 5.74) is 2.39. The molecule has 1 atom stereocenters. The molecule has 140 valence electrons. The smallest absolute Gasteiger partial charge is 0.311 e. The number of aliphatic carboxylic acids is 1. The lowest BCUT2D eigenvalue weighted by atomic mass is 9.94. The van der Waals surface area contributed by atoms with Crippen LogP contribution in [0.4, 0.5) is 0 Å². The lowest BCUT2D eigenvalue weighted by molar-refractivity contribution is -0.138. The average Bonchev–Trinajstić information content (AvgIpc) is 2.93. The average molecular weight is 386 g/mol. The molecule has 0 spiro atoms. The van der Waals surface area contributed by atoms with Crippen LogP contribution in [0.5, 0.6) is 5.75 Å². The molecule has 1 heterocycles. The monoisotopic (exact) mass is 385 g/mol. The van der Waals surface area contributed by atoms with Crippen LogP contribution >= 0.6 is 11.6 Å². The van der Waals surface area contributed by atoms with Gasteiger partial charge in [0.1, 0.15) is 5.75 Å². The zero-order valence-corrected chi connectivity index (χ0v) is 16.1. The van der Waals surface area contributed by atoms with Gasteiger partial charge in [-0.25, -0.2) is 0 Å². The molecule has 0 radical (unpaired) electrons. The minimum absolute atomic E-state index is 0.231. The van der Waals surface area contributed by atoms with Crippen molar-refractivity contribution in [1.29, 1.82) is 0 Å². The second-order valence-electron chi connectivity index (χ2n) is 6.33. The number of aromatic nitrogens is 1. The summed E-state index contributed by atoms with van der Waals surface area (Å²) in [6.07, 6.45) is 0.418. The van der Waals surface area contributed by atoms with E-state index in [1.54, 1.807) is 61.1 Å². The van der Waals surface area contributed by atoms with E-state index in [1.807, 2.05) is 6.92 Å². The quantitative estimate of drug-likeness (QED) is 0.679. The summed E-state index contributed by atoms with van der Waals surface area (Å²) < 4.78 is 6.87. The predicted octanol–water partition coefficient (Wildman–Crippen LogP) is 4.88. The molecule has 3 rings (SSSR count). The van der Waals surface area contributed by atoms with Crippen molar-refractivity contribution in [1.82, 2.24) is 4.57 Å². The largest absolute Gasteiger partial charge is 0.497 e. The highest BCUT2D eigenvalue weighted by molar-refractivity contribution is 6.30. The molecule has 5 nitrogen and oxygen atoms in total. The fourth-order valence-electron chi connectivity index (χ4n) is 3.47. The highest BCUT2D eigenvalue weighted by Crippen LogP contribution is 2.36. The summed E-state index contributed by atoms with van der Waals surface area (Å²) in [5.74, 6) is -1.24. The number of hydrogen-bond donors (Lipinski definition) is 1. The Morgan fingerprint density at radius 1 is 1.19 bits per heavy atom. The highest BCUT2D eigenvalue weighted by Gasteiger charge is 2.28. The van der Waals surface area contributed by atoms with Gasteiger partial charge in [-0.3, -0.25) is 14.2 Å². The van der Waals surface area contributed by atoms with Crippen LogP contribution in [-0.4, -0.2) is 28.7 Å². The van der Waals surface area contributed by atoms with Crippen molar-refractivity contribution in [3.05, 3.63) is 64.3 Å². The molecule has 0 aliphatic carbocycles. The maximum absolute atomic E-state index is 13.2. The molecule has 0 fully saturated rings. The molecule has 1 N–H and O–H groups in total. The maximum Gasteiger partial charge on any atom is 0.311 e. The van der Waals surface area contributed by atoms with Gasteiger partial charge in [-0.1, -0.05) is 18.5 Å². The van der Waals surface area contributed by atoms with Crippen molar-refractivity contribution < 1.29 is 19.4 Å². The first-order valence-electron chi connectivity index (χ1n) is 8.61. The minimum Gasteiger partial charge on any atom is -0.497 e. The third kappa shape index (κ3) is 3.30. The Kier molecular flexibility index (Phi) is 5.24. The first-order valence-corrected chi connectivity index (χ1v) is 8.98. The third-order valence-corrected chi connectivity index (χ3v) is 5.06. The van der Waals surface area contributed by atoms with Gasteiger partial charge < -0.3 is 9.84 Å². The van der Waals surface area contributed by atoms with E-state index in [9.17, 15) is 14.7 Å². The normalized spacial score (nSPS) is 12.1. The standard InChI is InChI=1S/C21H20ClNO4/c1-4-16(21(25)26)19-12(2)23(18-10-9-15(27-3)11-17(18)19)20(24)13-5-7-14(22)8-6-13/h5-11,16H,4H2,1-3H3,(H,25,26). The van der Waals surface area contributed by atoms with E-state index in [-0.39, 0.29) is 5.91 Å². The van der Waals surface area contributed by atoms with Crippen molar-refractivity contribution >= 4 is 34.4 Å². The SMILES string of the molecule is CCC(C(=O)O)c1c(C)n(C(=O)c2ccc(Cl)cc2)c2ccc(OC)cc12. The lowest BCUT2D eigenvalue weighted by Gasteiger charge is -2.12. The second-order valence-corrected chi connectivity index (χ2v) is 6.77. The number of nitrogens with zero attached hydrogens (tertiary/aromatic N) is 1. The summed E-state index contributed by atoms with van der Waals surface area (Å²) in [7, 11) is 1.55. The molecular formula is C21H20ClNO4. The highest BCUT2D eigenvalue weighted by atomic mass is 35.5. The number of carboxylic acids is 1. The van der Waals surface area contributed by atoms with Crippen LogP contribution in [0.3, 0.4) is 0 Å². The molecule has 0 saturated carbocycles. The van der Waals surface area contributed by atoms with Crippen molar-refractivity contribution in [2.45, 2.75) is 26.2 Å². The van der Waals surface area contributed by atoms with Gasteiger partial charge in [0.05, 0.1) is 18.5 Å². The summed E-state index contributed by atoms with van der Waals surface area (Å²) in [5, 5.41) is 10.9. The van der Waals surface area contributed by atoms with Crippen molar-refractivity contribution in [2.24, 2.45) is 0 Å². The molecule has 1 aromatic heterocycles. The van der Waals surface area contributed by atoms with E-state index in [4.69, 9.17) is 16.3 Å². The number of carbonyl (C=O) groups is 2. The van der Waals surface area contributed by atoms with Gasteiger partial charge in [-0.15, -0.1) is 0 Å². The Morgan fingerprint density at radius 2 is 1.85 bits per heavy atom. The molecule has 0 aliphatic heterocycles. The van der Waals surface area contributed by atoms with Crippen molar-refractivity contribution in [2.75, 3.05) is 7.11 Å². The van der Waals surface area contributed by atoms with Crippen molar-refractivity contribution in [3.8, 4) is 5.75 Å². The van der Waals surface area contributed by atoms with Crippen LogP contribution in [0.2, 0.25) is 5.02 Å². The van der Waals surface area contributed by atoms with Crippen LogP contribution in [0.1, 0.15) is 40.9 Å². The number of methoxy groups -OCH3 is 1. The Balaban J connectivity index is 2.29. The van der Waals surface area contributed by atoms with E-state index in [0.717, 1.165) is 0 Å². The van der Waals surface area contributed by atoms with Crippen LogP contribution in [0.15, 0.2) is 42.5 Å². The van der Waals surface area contributed by atoms with Gasteiger partial charge in [0, 0.05) is 21.7 Å². The Labute approximate surface area is 162 Å². The number of benzene rings is 2. The maximum atomic E-state index is 13.2. The minimum atomic E-state index is -0.915. The van der Waals surface area contributed by atoms with Gasteiger partial charge in [0.25, 0.3) is 5.91 Å². The van der Waals surface area contributed by atoms with Crippen LogP contribution in [-0.2, 0) is 4.79 Å². The molecule has 1 unspecified atom stereocenters. The lowest BCUT2D eigenvalue weighted by Crippen LogP contribution is -2.16. The molecule has 0 bridgehead atoms. The number of rotatable bonds is 5. The van der Waals surface area contributed by atoms with Crippen LogP contribution in [0, 0.1) is 6.92 Å². The number of carboxylic acid groups (broad SMARTS) is 1. The summed E-state index contributed by atoms with van der Waals surface area (Å²) in [4.78, 5) is 25.0. The number of hydrogen-bond acceptors (Lipinski definition) is 3. The summed E-state index contributed by atoms with van der Waals surface area (Å²) in [6.45, 7) is 3.60. The molecule has 0 aliphatic rings. The zero-order chi connectivity index (χ0) is 19.7. The number of halogens is 1. The first-order chi connectivity index (χ1) is 12.9. The fourth-order valence-corrected chi connectivity index (χ4v) is 3.60. The van der Waals surface area contributed by atoms with E-state index < -0.39 is 11.9 Å². The molecule has 2 aromatic carbocycles.